The van der Waals surface area contributed by atoms with Crippen LogP contribution in [0.1, 0.15) is 38.8 Å². The fraction of sp³-hybridized carbons (Fsp3) is 0.385. The van der Waals surface area contributed by atoms with Gasteiger partial charge in [-0.15, -0.1) is 0 Å². The van der Waals surface area contributed by atoms with Crippen molar-refractivity contribution < 1.29 is 4.39 Å². The van der Waals surface area contributed by atoms with Crippen molar-refractivity contribution in [3.63, 3.8) is 0 Å². The summed E-state index contributed by atoms with van der Waals surface area (Å²) in [5.74, 6) is 0. The summed E-state index contributed by atoms with van der Waals surface area (Å²) in [4.78, 5) is 0. The van der Waals surface area contributed by atoms with Crippen molar-refractivity contribution >= 4 is 17.2 Å². The molecule has 0 heterocycles. The van der Waals surface area contributed by atoms with Crippen LogP contribution in [0.25, 0.3) is 5.57 Å². The van der Waals surface area contributed by atoms with Gasteiger partial charge in [0, 0.05) is 10.6 Å². The van der Waals surface area contributed by atoms with E-state index in [1.54, 1.807) is 6.07 Å². The maximum Gasteiger partial charge on any atom is 0.131 e. The number of rotatable bonds is 2. The van der Waals surface area contributed by atoms with Crippen LogP contribution in [-0.2, 0) is 5.67 Å². The predicted molar refractivity (Wildman–Crippen MR) is 64.9 cm³/mol. The van der Waals surface area contributed by atoms with Crippen LogP contribution in [0, 0.1) is 0 Å². The normalized spacial score (nSPS) is 13.1. The summed E-state index contributed by atoms with van der Waals surface area (Å²) in [5.41, 5.74) is 1.28. The number of hydrogen-bond donors (Lipinski definition) is 0. The summed E-state index contributed by atoms with van der Waals surface area (Å²) in [5, 5.41) is 0.482. The lowest BCUT2D eigenvalue weighted by Gasteiger charge is -2.17. The molecule has 1 aromatic rings. The van der Waals surface area contributed by atoms with Gasteiger partial charge in [0.15, 0.2) is 0 Å². The van der Waals surface area contributed by atoms with Crippen LogP contribution in [0.15, 0.2) is 24.3 Å². The average molecular weight is 227 g/mol. The zero-order chi connectivity index (χ0) is 11.6. The fourth-order valence-corrected chi connectivity index (χ4v) is 1.74. The summed E-state index contributed by atoms with van der Waals surface area (Å²) >= 11 is 5.97. The van der Waals surface area contributed by atoms with Crippen molar-refractivity contribution in [2.24, 2.45) is 0 Å². The van der Waals surface area contributed by atoms with Crippen LogP contribution >= 0.6 is 11.6 Å². The molecule has 0 nitrogen and oxygen atoms in total. The van der Waals surface area contributed by atoms with Crippen molar-refractivity contribution in [2.75, 3.05) is 0 Å². The van der Waals surface area contributed by atoms with E-state index >= 15 is 0 Å². The largest absolute Gasteiger partial charge is 0.239 e. The maximum atomic E-state index is 13.8. The topological polar surface area (TPSA) is 0 Å². The minimum Gasteiger partial charge on any atom is -0.239 e. The third-order valence-electron chi connectivity index (χ3n) is 2.50. The number of allylic oxidation sites excluding steroid dienone is 2. The van der Waals surface area contributed by atoms with Gasteiger partial charge in [0.2, 0.25) is 0 Å². The first-order valence-electron chi connectivity index (χ1n) is 4.98. The van der Waals surface area contributed by atoms with Crippen LogP contribution in [0.5, 0.6) is 0 Å². The van der Waals surface area contributed by atoms with Gasteiger partial charge in [-0.05, 0) is 51.0 Å². The molecule has 0 unspecified atom stereocenters. The molecule has 0 aromatic heterocycles. The Kier molecular flexibility index (Phi) is 3.56. The summed E-state index contributed by atoms with van der Waals surface area (Å²) in [6.07, 6.45) is 2.00. The molecule has 0 spiro atoms. The molecule has 2 heteroatoms. The highest BCUT2D eigenvalue weighted by molar-refractivity contribution is 6.31. The van der Waals surface area contributed by atoms with Crippen molar-refractivity contribution in [1.29, 1.82) is 0 Å². The third kappa shape index (κ3) is 2.82. The number of alkyl halides is 1. The molecule has 0 aliphatic rings. The Labute approximate surface area is 95.8 Å². The van der Waals surface area contributed by atoms with Crippen molar-refractivity contribution in [3.8, 4) is 0 Å². The van der Waals surface area contributed by atoms with Crippen LogP contribution in [0.2, 0.25) is 5.02 Å². The lowest BCUT2D eigenvalue weighted by molar-refractivity contribution is 0.221. The molecule has 0 saturated heterocycles. The first-order valence-corrected chi connectivity index (χ1v) is 5.36. The number of hydrogen-bond acceptors (Lipinski definition) is 0. The van der Waals surface area contributed by atoms with Gasteiger partial charge < -0.3 is 0 Å². The van der Waals surface area contributed by atoms with Gasteiger partial charge in [-0.3, -0.25) is 0 Å². The summed E-state index contributed by atoms with van der Waals surface area (Å²) in [7, 11) is 0. The van der Waals surface area contributed by atoms with Gasteiger partial charge in [-0.25, -0.2) is 4.39 Å². The molecule has 1 rings (SSSR count). The lowest BCUT2D eigenvalue weighted by Crippen LogP contribution is -2.10. The van der Waals surface area contributed by atoms with E-state index < -0.39 is 5.67 Å². The Morgan fingerprint density at radius 1 is 1.40 bits per heavy atom. The minimum absolute atomic E-state index is 0.482. The summed E-state index contributed by atoms with van der Waals surface area (Å²) < 4.78 is 13.8. The molecule has 1 aromatic carbocycles. The van der Waals surface area contributed by atoms with E-state index in [0.717, 1.165) is 11.1 Å². The highest BCUT2D eigenvalue weighted by Crippen LogP contribution is 2.33. The summed E-state index contributed by atoms with van der Waals surface area (Å²) in [6.45, 7) is 6.99. The molecule has 0 aliphatic heterocycles. The standard InChI is InChI=1S/C13H16ClF/c1-5-9(2)10-6-7-12(14)11(8-10)13(3,4)15/h5-8H,1-4H3/b9-5+. The van der Waals surface area contributed by atoms with Crippen molar-refractivity contribution in [2.45, 2.75) is 33.4 Å². The molecule has 0 amide bonds. The van der Waals surface area contributed by atoms with E-state index in [4.69, 9.17) is 11.6 Å². The number of benzene rings is 1. The Hall–Kier alpha value is -0.820. The first kappa shape index (κ1) is 12.3. The van der Waals surface area contributed by atoms with Gasteiger partial charge in [0.05, 0.1) is 0 Å². The zero-order valence-electron chi connectivity index (χ0n) is 9.57. The third-order valence-corrected chi connectivity index (χ3v) is 2.82. The molecule has 0 saturated carbocycles. The quantitative estimate of drug-likeness (QED) is 0.668. The summed E-state index contributed by atoms with van der Waals surface area (Å²) in [6, 6.07) is 5.48. The SMILES string of the molecule is C/C=C(\C)c1ccc(Cl)c(C(C)(C)F)c1. The van der Waals surface area contributed by atoms with Gasteiger partial charge >= 0.3 is 0 Å². The fourth-order valence-electron chi connectivity index (χ4n) is 1.39. The molecule has 0 N–H and O–H groups in total. The Bertz CT molecular complexity index is 386. The smallest absolute Gasteiger partial charge is 0.131 e. The molecular formula is C13H16ClF. The molecule has 0 bridgehead atoms. The Morgan fingerprint density at radius 3 is 2.47 bits per heavy atom. The van der Waals surface area contributed by atoms with E-state index in [9.17, 15) is 4.39 Å². The minimum atomic E-state index is -1.40. The maximum absolute atomic E-state index is 13.8. The van der Waals surface area contributed by atoms with Gasteiger partial charge in [0.1, 0.15) is 5.67 Å². The monoisotopic (exact) mass is 226 g/mol. The Morgan fingerprint density at radius 2 is 2.00 bits per heavy atom. The van der Waals surface area contributed by atoms with Crippen molar-refractivity contribution in [1.82, 2.24) is 0 Å². The van der Waals surface area contributed by atoms with Crippen LogP contribution in [-0.4, -0.2) is 0 Å². The molecular weight excluding hydrogens is 211 g/mol. The molecule has 0 aliphatic carbocycles. The van der Waals surface area contributed by atoms with Crippen LogP contribution in [0.4, 0.5) is 4.39 Å². The molecule has 0 atom stereocenters. The van der Waals surface area contributed by atoms with E-state index in [-0.39, 0.29) is 0 Å². The predicted octanol–water partition coefficient (Wildman–Crippen LogP) is 4.97. The van der Waals surface area contributed by atoms with Crippen LogP contribution in [0.3, 0.4) is 0 Å². The number of halogens is 2. The van der Waals surface area contributed by atoms with E-state index in [1.807, 2.05) is 32.1 Å². The van der Waals surface area contributed by atoms with Gasteiger partial charge in [-0.2, -0.15) is 0 Å². The molecule has 15 heavy (non-hydrogen) atoms. The average Bonchev–Trinajstić information content (AvgIpc) is 2.15. The second kappa shape index (κ2) is 4.36. The lowest BCUT2D eigenvalue weighted by atomic mass is 9.96. The molecule has 0 fully saturated rings. The van der Waals surface area contributed by atoms with Crippen molar-refractivity contribution in [3.05, 3.63) is 40.4 Å². The highest BCUT2D eigenvalue weighted by Gasteiger charge is 2.22. The second-order valence-corrected chi connectivity index (χ2v) is 4.55. The van der Waals surface area contributed by atoms with Gasteiger partial charge in [-0.1, -0.05) is 23.7 Å². The van der Waals surface area contributed by atoms with Crippen LogP contribution < -0.4 is 0 Å². The van der Waals surface area contributed by atoms with E-state index in [2.05, 4.69) is 0 Å². The molecule has 82 valence electrons. The molecule has 0 radical (unpaired) electrons. The second-order valence-electron chi connectivity index (χ2n) is 4.14. The Balaban J connectivity index is 3.29. The van der Waals surface area contributed by atoms with E-state index in [1.165, 1.54) is 13.8 Å². The van der Waals surface area contributed by atoms with Gasteiger partial charge in [0.25, 0.3) is 0 Å². The van der Waals surface area contributed by atoms with E-state index in [0.29, 0.717) is 10.6 Å². The first-order chi connectivity index (χ1) is 6.86. The highest BCUT2D eigenvalue weighted by atomic mass is 35.5. The zero-order valence-corrected chi connectivity index (χ0v) is 10.3.